The van der Waals surface area contributed by atoms with Gasteiger partial charge in [-0.15, -0.1) is 0 Å². The van der Waals surface area contributed by atoms with Crippen LogP contribution < -0.4 is 20.1 Å². The van der Waals surface area contributed by atoms with Crippen LogP contribution in [0.25, 0.3) is 0 Å². The summed E-state index contributed by atoms with van der Waals surface area (Å²) in [7, 11) is 0. The molecule has 1 saturated carbocycles. The highest BCUT2D eigenvalue weighted by Crippen LogP contribution is 2.27. The normalized spacial score (nSPS) is 13.2. The van der Waals surface area contributed by atoms with E-state index in [0.29, 0.717) is 12.5 Å². The lowest BCUT2D eigenvalue weighted by atomic mass is 10.3. The van der Waals surface area contributed by atoms with E-state index in [1.54, 1.807) is 0 Å². The molecule has 1 fully saturated rings. The van der Waals surface area contributed by atoms with Crippen LogP contribution in [0.4, 0.5) is 5.69 Å². The van der Waals surface area contributed by atoms with Crippen molar-refractivity contribution in [1.29, 1.82) is 0 Å². The zero-order valence-electron chi connectivity index (χ0n) is 14.5. The fourth-order valence-corrected chi connectivity index (χ4v) is 2.37. The van der Waals surface area contributed by atoms with Gasteiger partial charge in [0.25, 0.3) is 0 Å². The van der Waals surface area contributed by atoms with Crippen molar-refractivity contribution in [3.63, 3.8) is 0 Å². The third kappa shape index (κ3) is 5.71. The minimum atomic E-state index is 0.0293. The number of nitrogens with one attached hydrogen (secondary N) is 2. The Morgan fingerprint density at radius 1 is 1.00 bits per heavy atom. The molecule has 0 bridgehead atoms. The predicted octanol–water partition coefficient (Wildman–Crippen LogP) is 3.82. The number of benzene rings is 2. The summed E-state index contributed by atoms with van der Waals surface area (Å²) < 4.78 is 11.2. The van der Waals surface area contributed by atoms with Gasteiger partial charge in [0.05, 0.1) is 13.2 Å². The Balaban J connectivity index is 1.45. The number of ether oxygens (including phenoxy) is 2. The zero-order valence-corrected chi connectivity index (χ0v) is 14.5. The molecule has 3 rings (SSSR count). The monoisotopic (exact) mass is 340 g/mol. The van der Waals surface area contributed by atoms with E-state index >= 15 is 0 Å². The maximum Gasteiger partial charge on any atom is 0.239 e. The molecule has 0 spiro atoms. The SMILES string of the molecule is CCOc1ccc(Oc2ccc(NCC(=O)NCC3CC3)cc2)cc1. The first-order valence-corrected chi connectivity index (χ1v) is 8.74. The van der Waals surface area contributed by atoms with Crippen LogP contribution in [0.3, 0.4) is 0 Å². The fraction of sp³-hybridized carbons (Fsp3) is 0.350. The number of carbonyl (C=O) groups excluding carboxylic acids is 1. The minimum absolute atomic E-state index is 0.0293. The van der Waals surface area contributed by atoms with E-state index in [9.17, 15) is 4.79 Å². The Bertz CT molecular complexity index is 679. The predicted molar refractivity (Wildman–Crippen MR) is 98.4 cm³/mol. The van der Waals surface area contributed by atoms with E-state index < -0.39 is 0 Å². The largest absolute Gasteiger partial charge is 0.494 e. The van der Waals surface area contributed by atoms with Crippen LogP contribution >= 0.6 is 0 Å². The standard InChI is InChI=1S/C20H24N2O3/c1-2-24-17-9-11-19(12-10-17)25-18-7-5-16(6-8-18)21-14-20(23)22-13-15-3-4-15/h5-12,15,21H,2-4,13-14H2,1H3,(H,22,23). The van der Waals surface area contributed by atoms with Crippen LogP contribution in [0.15, 0.2) is 48.5 Å². The van der Waals surface area contributed by atoms with Crippen molar-refractivity contribution < 1.29 is 14.3 Å². The summed E-state index contributed by atoms with van der Waals surface area (Å²) >= 11 is 0. The van der Waals surface area contributed by atoms with E-state index in [1.807, 2.05) is 55.5 Å². The molecule has 1 aliphatic carbocycles. The maximum atomic E-state index is 11.7. The third-order valence-electron chi connectivity index (χ3n) is 3.96. The van der Waals surface area contributed by atoms with Gasteiger partial charge in [0.2, 0.25) is 5.91 Å². The van der Waals surface area contributed by atoms with Gasteiger partial charge >= 0.3 is 0 Å². The number of hydrogen-bond acceptors (Lipinski definition) is 4. The summed E-state index contributed by atoms with van der Waals surface area (Å²) in [5.74, 6) is 3.05. The molecule has 0 atom stereocenters. The number of hydrogen-bond donors (Lipinski definition) is 2. The summed E-state index contributed by atoms with van der Waals surface area (Å²) in [4.78, 5) is 11.7. The molecule has 2 aromatic carbocycles. The molecule has 0 unspecified atom stereocenters. The molecule has 1 amide bonds. The van der Waals surface area contributed by atoms with Crippen LogP contribution in [-0.2, 0) is 4.79 Å². The number of amides is 1. The van der Waals surface area contributed by atoms with Crippen molar-refractivity contribution in [1.82, 2.24) is 5.32 Å². The lowest BCUT2D eigenvalue weighted by Gasteiger charge is -2.10. The molecule has 0 heterocycles. The van der Waals surface area contributed by atoms with Crippen molar-refractivity contribution in [2.45, 2.75) is 19.8 Å². The van der Waals surface area contributed by atoms with Crippen LogP contribution in [0, 0.1) is 5.92 Å². The maximum absolute atomic E-state index is 11.7. The Labute approximate surface area is 148 Å². The summed E-state index contributed by atoms with van der Waals surface area (Å²) in [6.07, 6.45) is 2.48. The first-order valence-electron chi connectivity index (χ1n) is 8.74. The van der Waals surface area contributed by atoms with Crippen molar-refractivity contribution in [2.75, 3.05) is 25.0 Å². The van der Waals surface area contributed by atoms with Gasteiger partial charge in [0, 0.05) is 12.2 Å². The van der Waals surface area contributed by atoms with Gasteiger partial charge in [0.15, 0.2) is 0 Å². The van der Waals surface area contributed by atoms with Gasteiger partial charge in [-0.1, -0.05) is 0 Å². The molecule has 2 N–H and O–H groups in total. The average molecular weight is 340 g/mol. The highest BCUT2D eigenvalue weighted by molar-refractivity contribution is 5.80. The van der Waals surface area contributed by atoms with Gasteiger partial charge in [-0.25, -0.2) is 0 Å². The number of carbonyl (C=O) groups is 1. The first kappa shape index (κ1) is 17.1. The van der Waals surface area contributed by atoms with Crippen LogP contribution in [0.5, 0.6) is 17.2 Å². The Hall–Kier alpha value is -2.69. The molecule has 0 aromatic heterocycles. The molecular weight excluding hydrogens is 316 g/mol. The zero-order chi connectivity index (χ0) is 17.5. The molecule has 5 heteroatoms. The van der Waals surface area contributed by atoms with Gasteiger partial charge in [-0.3, -0.25) is 4.79 Å². The highest BCUT2D eigenvalue weighted by Gasteiger charge is 2.21. The summed E-state index contributed by atoms with van der Waals surface area (Å²) in [6, 6.07) is 15.1. The molecule has 5 nitrogen and oxygen atoms in total. The van der Waals surface area contributed by atoms with Gasteiger partial charge < -0.3 is 20.1 Å². The van der Waals surface area contributed by atoms with E-state index in [1.165, 1.54) is 12.8 Å². The summed E-state index contributed by atoms with van der Waals surface area (Å²) in [5, 5.41) is 6.05. The molecule has 0 radical (unpaired) electrons. The summed E-state index contributed by atoms with van der Waals surface area (Å²) in [6.45, 7) is 3.69. The minimum Gasteiger partial charge on any atom is -0.494 e. The second-order valence-corrected chi connectivity index (χ2v) is 6.13. The van der Waals surface area contributed by atoms with Gasteiger partial charge in [-0.05, 0) is 74.2 Å². The molecule has 132 valence electrons. The Kier molecular flexibility index (Phi) is 5.77. The second kappa shape index (κ2) is 8.42. The lowest BCUT2D eigenvalue weighted by molar-refractivity contribution is -0.119. The number of anilines is 1. The van der Waals surface area contributed by atoms with Crippen molar-refractivity contribution in [3.8, 4) is 17.2 Å². The highest BCUT2D eigenvalue weighted by atomic mass is 16.5. The van der Waals surface area contributed by atoms with Crippen LogP contribution in [0.2, 0.25) is 0 Å². The van der Waals surface area contributed by atoms with Crippen molar-refractivity contribution in [2.24, 2.45) is 5.92 Å². The van der Waals surface area contributed by atoms with E-state index in [4.69, 9.17) is 9.47 Å². The van der Waals surface area contributed by atoms with E-state index in [0.717, 1.165) is 29.5 Å². The quantitative estimate of drug-likeness (QED) is 0.729. The molecule has 1 aliphatic rings. The van der Waals surface area contributed by atoms with E-state index in [2.05, 4.69) is 10.6 Å². The fourth-order valence-electron chi connectivity index (χ4n) is 2.37. The van der Waals surface area contributed by atoms with Crippen molar-refractivity contribution >= 4 is 11.6 Å². The Morgan fingerprint density at radius 3 is 2.20 bits per heavy atom. The first-order chi connectivity index (χ1) is 12.2. The topological polar surface area (TPSA) is 59.6 Å². The van der Waals surface area contributed by atoms with E-state index in [-0.39, 0.29) is 12.5 Å². The third-order valence-corrected chi connectivity index (χ3v) is 3.96. The molecular formula is C20H24N2O3. The Morgan fingerprint density at radius 2 is 1.60 bits per heavy atom. The lowest BCUT2D eigenvalue weighted by Crippen LogP contribution is -2.31. The second-order valence-electron chi connectivity index (χ2n) is 6.13. The van der Waals surface area contributed by atoms with Gasteiger partial charge in [0.1, 0.15) is 17.2 Å². The molecule has 25 heavy (non-hydrogen) atoms. The van der Waals surface area contributed by atoms with Crippen molar-refractivity contribution in [3.05, 3.63) is 48.5 Å². The summed E-state index contributed by atoms with van der Waals surface area (Å²) in [5.41, 5.74) is 0.889. The smallest absolute Gasteiger partial charge is 0.239 e. The molecule has 0 saturated heterocycles. The van der Waals surface area contributed by atoms with Crippen LogP contribution in [0.1, 0.15) is 19.8 Å². The average Bonchev–Trinajstić information content (AvgIpc) is 3.46. The number of rotatable bonds is 9. The molecule has 0 aliphatic heterocycles. The molecule has 2 aromatic rings. The van der Waals surface area contributed by atoms with Gasteiger partial charge in [-0.2, -0.15) is 0 Å². The van der Waals surface area contributed by atoms with Crippen LogP contribution in [-0.4, -0.2) is 25.6 Å².